The number of carbonyl (C=O) groups is 1. The van der Waals surface area contributed by atoms with Crippen LogP contribution in [0.4, 0.5) is 13.2 Å². The summed E-state index contributed by atoms with van der Waals surface area (Å²) in [7, 11) is 1.25. The van der Waals surface area contributed by atoms with E-state index in [0.717, 1.165) is 12.1 Å². The number of methoxy groups -OCH3 is 1. The molecule has 3 aliphatic heterocycles. The molecule has 0 radical (unpaired) electrons. The summed E-state index contributed by atoms with van der Waals surface area (Å²) in [6.45, 7) is 5.69. The molecule has 0 saturated carbocycles. The molecule has 0 aliphatic carbocycles. The van der Waals surface area contributed by atoms with Crippen molar-refractivity contribution in [3.05, 3.63) is 35.8 Å². The second kappa shape index (κ2) is 9.62. The first-order chi connectivity index (χ1) is 17.5. The number of fused-ring (bicyclic) bond motifs is 1. The van der Waals surface area contributed by atoms with E-state index < -0.39 is 66.0 Å². The highest BCUT2D eigenvalue weighted by Crippen LogP contribution is 2.49. The number of nitrogens with zero attached hydrogens (tertiary/aromatic N) is 3. The molecule has 1 spiro atoms. The van der Waals surface area contributed by atoms with Gasteiger partial charge < -0.3 is 28.4 Å². The van der Waals surface area contributed by atoms with Crippen molar-refractivity contribution in [1.82, 2.24) is 15.0 Å². The van der Waals surface area contributed by atoms with Crippen LogP contribution >= 0.6 is 0 Å². The lowest BCUT2D eigenvalue weighted by molar-refractivity contribution is -0.403. The summed E-state index contributed by atoms with van der Waals surface area (Å²) >= 11 is 0. The average molecular weight is 527 g/mol. The maximum Gasteiger partial charge on any atom is 0.331 e. The summed E-state index contributed by atoms with van der Waals surface area (Å²) in [4.78, 5) is 12.0. The molecule has 0 unspecified atom stereocenters. The Kier molecular flexibility index (Phi) is 6.77. The molecule has 10 nitrogen and oxygen atoms in total. The summed E-state index contributed by atoms with van der Waals surface area (Å²) in [5.74, 6) is -6.99. The molecular weight excluding hydrogens is 499 g/mol. The van der Waals surface area contributed by atoms with Crippen molar-refractivity contribution in [1.29, 1.82) is 0 Å². The first kappa shape index (κ1) is 26.0. The number of ether oxygens (including phenoxy) is 6. The topological polar surface area (TPSA) is 103 Å². The lowest BCUT2D eigenvalue weighted by Gasteiger charge is -2.54. The van der Waals surface area contributed by atoms with Gasteiger partial charge in [0.05, 0.1) is 26.5 Å². The molecule has 3 saturated heterocycles. The summed E-state index contributed by atoms with van der Waals surface area (Å²) < 4.78 is 78.2. The zero-order valence-electron chi connectivity index (χ0n) is 20.8. The van der Waals surface area contributed by atoms with Gasteiger partial charge in [0.15, 0.2) is 29.0 Å². The van der Waals surface area contributed by atoms with Crippen molar-refractivity contribution in [3.8, 4) is 11.3 Å². The third-order valence-electron chi connectivity index (χ3n) is 6.76. The fraction of sp³-hybridized carbons (Fsp3) is 0.625. The van der Waals surface area contributed by atoms with E-state index in [9.17, 15) is 18.0 Å². The molecular formula is C24H28F3N3O7. The average Bonchev–Trinajstić information content (AvgIpc) is 3.48. The monoisotopic (exact) mass is 527 g/mol. The molecule has 6 atom stereocenters. The Labute approximate surface area is 210 Å². The van der Waals surface area contributed by atoms with Gasteiger partial charge in [-0.25, -0.2) is 22.6 Å². The van der Waals surface area contributed by atoms with Crippen molar-refractivity contribution in [2.45, 2.75) is 63.1 Å². The van der Waals surface area contributed by atoms with Gasteiger partial charge in [-0.05, 0) is 31.9 Å². The molecule has 5 rings (SSSR count). The molecule has 202 valence electrons. The third kappa shape index (κ3) is 4.86. The number of carbonyl (C=O) groups excluding carboxylic acids is 1. The van der Waals surface area contributed by atoms with Crippen LogP contribution in [0.3, 0.4) is 0 Å². The summed E-state index contributed by atoms with van der Waals surface area (Å²) in [6, 6.07) is 0.915. The van der Waals surface area contributed by atoms with E-state index in [4.69, 9.17) is 28.4 Å². The molecule has 0 bridgehead atoms. The zero-order chi connectivity index (χ0) is 26.5. The highest BCUT2D eigenvalue weighted by Gasteiger charge is 2.62. The highest BCUT2D eigenvalue weighted by molar-refractivity contribution is 5.70. The maximum absolute atomic E-state index is 13.9. The second-order valence-corrected chi connectivity index (χ2v) is 10.0. The van der Waals surface area contributed by atoms with Gasteiger partial charge in [0.1, 0.15) is 36.7 Å². The van der Waals surface area contributed by atoms with Crippen LogP contribution < -0.4 is 0 Å². The van der Waals surface area contributed by atoms with E-state index in [1.165, 1.54) is 18.0 Å². The van der Waals surface area contributed by atoms with E-state index >= 15 is 0 Å². The van der Waals surface area contributed by atoms with E-state index in [1.807, 2.05) is 6.92 Å². The molecule has 0 amide bonds. The third-order valence-corrected chi connectivity index (χ3v) is 6.76. The van der Waals surface area contributed by atoms with Gasteiger partial charge in [0, 0.05) is 12.0 Å². The molecule has 2 aromatic rings. The second-order valence-electron chi connectivity index (χ2n) is 10.0. The lowest BCUT2D eigenvalue weighted by Crippen LogP contribution is -2.67. The predicted molar refractivity (Wildman–Crippen MR) is 118 cm³/mol. The zero-order valence-corrected chi connectivity index (χ0v) is 20.8. The number of hydrogen-bond acceptors (Lipinski definition) is 9. The van der Waals surface area contributed by atoms with Crippen LogP contribution in [0.2, 0.25) is 0 Å². The van der Waals surface area contributed by atoms with Crippen molar-refractivity contribution in [3.63, 3.8) is 0 Å². The van der Waals surface area contributed by atoms with Crippen LogP contribution in [0.15, 0.2) is 18.3 Å². The van der Waals surface area contributed by atoms with Gasteiger partial charge in [-0.1, -0.05) is 12.1 Å². The van der Waals surface area contributed by atoms with E-state index in [2.05, 4.69) is 10.3 Å². The van der Waals surface area contributed by atoms with Crippen LogP contribution in [-0.2, 0) is 33.2 Å². The van der Waals surface area contributed by atoms with Gasteiger partial charge in [-0.3, -0.25) is 0 Å². The van der Waals surface area contributed by atoms with E-state index in [0.29, 0.717) is 13.0 Å². The quantitative estimate of drug-likeness (QED) is 0.429. The van der Waals surface area contributed by atoms with Crippen LogP contribution in [0.5, 0.6) is 0 Å². The Morgan fingerprint density at radius 3 is 2.54 bits per heavy atom. The molecule has 37 heavy (non-hydrogen) atoms. The number of halogens is 3. The Bertz CT molecular complexity index is 1160. The predicted octanol–water partition coefficient (Wildman–Crippen LogP) is 2.76. The first-order valence-corrected chi connectivity index (χ1v) is 11.9. The van der Waals surface area contributed by atoms with Crippen LogP contribution in [0.25, 0.3) is 11.3 Å². The summed E-state index contributed by atoms with van der Waals surface area (Å²) in [6.07, 6.45) is -0.283. The number of esters is 1. The van der Waals surface area contributed by atoms with E-state index in [-0.39, 0.29) is 23.8 Å². The smallest absolute Gasteiger partial charge is 0.331 e. The van der Waals surface area contributed by atoms with Crippen LogP contribution in [-0.4, -0.2) is 77.8 Å². The molecule has 0 N–H and O–H groups in total. The Hall–Kier alpha value is -2.58. The largest absolute Gasteiger partial charge is 0.467 e. The molecule has 1 aromatic carbocycles. The van der Waals surface area contributed by atoms with E-state index in [1.54, 1.807) is 13.8 Å². The molecule has 13 heteroatoms. The number of rotatable bonds is 5. The summed E-state index contributed by atoms with van der Waals surface area (Å²) in [5, 5.41) is 8.27. The minimum atomic E-state index is -1.58. The fourth-order valence-electron chi connectivity index (χ4n) is 5.12. The maximum atomic E-state index is 13.9. The summed E-state index contributed by atoms with van der Waals surface area (Å²) in [5.41, 5.74) is 0.0839. The minimum absolute atomic E-state index is 0.00744. The Balaban J connectivity index is 1.58. The Morgan fingerprint density at radius 2 is 1.89 bits per heavy atom. The minimum Gasteiger partial charge on any atom is -0.467 e. The molecule has 1 aromatic heterocycles. The van der Waals surface area contributed by atoms with Gasteiger partial charge in [-0.2, -0.15) is 0 Å². The molecule has 3 fully saturated rings. The van der Waals surface area contributed by atoms with Gasteiger partial charge >= 0.3 is 5.97 Å². The Morgan fingerprint density at radius 1 is 1.16 bits per heavy atom. The molecule has 3 aliphatic rings. The SMILES string of the molecule is COC(=O)CO[C@@H]1[C@@H](n2cc(-c3cc(F)c(F)c(F)c3)nn2)[C@H]2OC(C)(C)OC[C@H]2O[C@@]12C[C@@H](C)CO2. The van der Waals surface area contributed by atoms with Gasteiger partial charge in [0.25, 0.3) is 0 Å². The normalized spacial score (nSPS) is 32.9. The number of hydrogen-bond donors (Lipinski definition) is 0. The lowest BCUT2D eigenvalue weighted by atomic mass is 9.86. The van der Waals surface area contributed by atoms with Crippen molar-refractivity contribution in [2.75, 3.05) is 26.9 Å². The standard InChI is InChI=1S/C24H28F3N3O7/c1-12-7-24(35-9-12)22(33-11-18(31)32-4)20(21-17(36-24)10-34-23(2,3)37-21)30-8-16(28-29-30)13-5-14(25)19(27)15(26)6-13/h5-6,8,12,17,20-22H,7,9-11H2,1-4H3/t12-,17-,20+,21+,22-,24+/m1/s1. The molecule has 4 heterocycles. The van der Waals surface area contributed by atoms with Crippen molar-refractivity contribution < 1.29 is 46.4 Å². The van der Waals surface area contributed by atoms with Crippen LogP contribution in [0, 0.1) is 23.4 Å². The fourth-order valence-corrected chi connectivity index (χ4v) is 5.12. The number of aromatic nitrogens is 3. The van der Waals surface area contributed by atoms with Crippen molar-refractivity contribution in [2.24, 2.45) is 5.92 Å². The first-order valence-electron chi connectivity index (χ1n) is 11.9. The van der Waals surface area contributed by atoms with Crippen molar-refractivity contribution >= 4 is 5.97 Å². The number of benzene rings is 1. The highest BCUT2D eigenvalue weighted by atomic mass is 19.2. The van der Waals surface area contributed by atoms with Gasteiger partial charge in [0.2, 0.25) is 0 Å². The van der Waals surface area contributed by atoms with Gasteiger partial charge in [-0.15, -0.1) is 5.10 Å². The van der Waals surface area contributed by atoms with Crippen LogP contribution in [0.1, 0.15) is 33.2 Å².